The number of nitrogens with one attached hydrogen (secondary N) is 2. The smallest absolute Gasteiger partial charge is 0.242 e. The van der Waals surface area contributed by atoms with Gasteiger partial charge in [-0.05, 0) is 50.9 Å². The molecule has 1 atom stereocenters. The van der Waals surface area contributed by atoms with Crippen molar-refractivity contribution in [3.63, 3.8) is 0 Å². The number of aromatic nitrogens is 3. The summed E-state index contributed by atoms with van der Waals surface area (Å²) >= 11 is 6.80. The summed E-state index contributed by atoms with van der Waals surface area (Å²) in [7, 11) is -3.26. The molecule has 2 aromatic rings. The van der Waals surface area contributed by atoms with Crippen LogP contribution in [0.3, 0.4) is 0 Å². The number of amides is 1. The van der Waals surface area contributed by atoms with E-state index in [4.69, 9.17) is 12.2 Å². The minimum atomic E-state index is -3.26. The number of hydrogen-bond acceptors (Lipinski definition) is 6. The molecule has 0 aromatic carbocycles. The summed E-state index contributed by atoms with van der Waals surface area (Å²) < 4.78 is 27.0. The summed E-state index contributed by atoms with van der Waals surface area (Å²) in [5, 5.41) is 11.8. The monoisotopic (exact) mass is 431 g/mol. The van der Waals surface area contributed by atoms with Crippen LogP contribution >= 0.6 is 23.6 Å². The molecule has 0 saturated heterocycles. The van der Waals surface area contributed by atoms with Gasteiger partial charge in [0.25, 0.3) is 0 Å². The maximum atomic E-state index is 12.5. The Morgan fingerprint density at radius 3 is 2.70 bits per heavy atom. The molecule has 0 unspecified atom stereocenters. The molecule has 2 N–H and O–H groups in total. The Hall–Kier alpha value is -1.56. The van der Waals surface area contributed by atoms with Gasteiger partial charge in [-0.2, -0.15) is 9.40 Å². The molecule has 0 aliphatic heterocycles. The average Bonchev–Trinajstić information content (AvgIpc) is 3.21. The third-order valence-corrected chi connectivity index (χ3v) is 6.68. The average molecular weight is 432 g/mol. The summed E-state index contributed by atoms with van der Waals surface area (Å²) in [6, 6.07) is 3.18. The molecule has 27 heavy (non-hydrogen) atoms. The van der Waals surface area contributed by atoms with E-state index in [1.807, 2.05) is 31.4 Å². The molecule has 8 nitrogen and oxygen atoms in total. The fraction of sp³-hybridized carbons (Fsp3) is 0.562. The largest absolute Gasteiger partial charge is 0.354 e. The van der Waals surface area contributed by atoms with Crippen molar-refractivity contribution in [1.82, 2.24) is 24.4 Å². The second-order valence-electron chi connectivity index (χ2n) is 6.49. The van der Waals surface area contributed by atoms with Crippen LogP contribution in [0, 0.1) is 4.77 Å². The van der Waals surface area contributed by atoms with E-state index < -0.39 is 16.1 Å². The topological polar surface area (TPSA) is 100 Å². The maximum Gasteiger partial charge on any atom is 0.242 e. The van der Waals surface area contributed by atoms with Crippen LogP contribution in [-0.4, -0.2) is 58.8 Å². The molecule has 0 radical (unpaired) electrons. The minimum absolute atomic E-state index is 0.118. The molecular weight excluding hydrogens is 406 g/mol. The van der Waals surface area contributed by atoms with Crippen LogP contribution in [0.15, 0.2) is 17.5 Å². The molecule has 0 aliphatic carbocycles. The zero-order valence-corrected chi connectivity index (χ0v) is 18.2. The first-order valence-corrected chi connectivity index (χ1v) is 11.7. The van der Waals surface area contributed by atoms with Crippen LogP contribution < -0.4 is 5.32 Å². The lowest BCUT2D eigenvalue weighted by Gasteiger charge is -2.24. The maximum absolute atomic E-state index is 12.5. The van der Waals surface area contributed by atoms with Crippen LogP contribution in [0.2, 0.25) is 0 Å². The van der Waals surface area contributed by atoms with Crippen LogP contribution in [0.5, 0.6) is 0 Å². The van der Waals surface area contributed by atoms with E-state index in [1.165, 1.54) is 21.9 Å². The van der Waals surface area contributed by atoms with E-state index in [-0.39, 0.29) is 11.9 Å². The minimum Gasteiger partial charge on any atom is -0.354 e. The third kappa shape index (κ3) is 5.47. The molecule has 2 aromatic heterocycles. The number of H-pyrrole nitrogens is 1. The van der Waals surface area contributed by atoms with Gasteiger partial charge in [0, 0.05) is 19.1 Å². The van der Waals surface area contributed by atoms with Gasteiger partial charge in [0.2, 0.25) is 15.9 Å². The molecule has 0 saturated carbocycles. The van der Waals surface area contributed by atoms with Gasteiger partial charge in [0.1, 0.15) is 6.04 Å². The number of carbonyl (C=O) groups excluding carboxylic acids is 1. The number of thiophene rings is 1. The van der Waals surface area contributed by atoms with Gasteiger partial charge in [-0.25, -0.2) is 8.42 Å². The van der Waals surface area contributed by atoms with Gasteiger partial charge >= 0.3 is 0 Å². The van der Waals surface area contributed by atoms with Crippen molar-refractivity contribution in [2.45, 2.75) is 39.3 Å². The second-order valence-corrected chi connectivity index (χ2v) is 9.76. The number of hydrogen-bond donors (Lipinski definition) is 2. The van der Waals surface area contributed by atoms with E-state index >= 15 is 0 Å². The Labute approximate surface area is 168 Å². The molecule has 0 bridgehead atoms. The van der Waals surface area contributed by atoms with E-state index in [0.717, 1.165) is 4.88 Å². The molecule has 2 heterocycles. The van der Waals surface area contributed by atoms with Crippen LogP contribution in [-0.2, 0) is 14.8 Å². The molecule has 150 valence electrons. The quantitative estimate of drug-likeness (QED) is 0.469. The van der Waals surface area contributed by atoms with Gasteiger partial charge in [-0.3, -0.25) is 14.5 Å². The first kappa shape index (κ1) is 21.7. The fourth-order valence-electron chi connectivity index (χ4n) is 2.76. The number of rotatable bonds is 9. The number of carbonyl (C=O) groups is 1. The zero-order valence-electron chi connectivity index (χ0n) is 15.8. The van der Waals surface area contributed by atoms with Crippen LogP contribution in [0.4, 0.5) is 0 Å². The third-order valence-electron chi connectivity index (χ3n) is 4.07. The number of aromatic amines is 1. The lowest BCUT2D eigenvalue weighted by atomic mass is 10.3. The molecule has 1 amide bonds. The standard InChI is InChI=1S/C16H25N5O3S3/c1-11(2)20(27(4,23)24)9-6-8-17-15(22)12(3)21-14(18-19-16(21)25)13-7-5-10-26-13/h5,7,10-12H,6,8-9H2,1-4H3,(H,17,22)(H,19,25)/t12-/m0/s1. The predicted octanol–water partition coefficient (Wildman–Crippen LogP) is 2.41. The Kier molecular flexibility index (Phi) is 7.32. The molecule has 0 fully saturated rings. The number of nitrogens with zero attached hydrogens (tertiary/aromatic N) is 3. The molecular formula is C16H25N5O3S3. The van der Waals surface area contributed by atoms with Gasteiger partial charge in [-0.1, -0.05) is 6.07 Å². The van der Waals surface area contributed by atoms with Crippen molar-refractivity contribution in [2.75, 3.05) is 19.3 Å². The first-order chi connectivity index (χ1) is 12.6. The van der Waals surface area contributed by atoms with Crippen LogP contribution in [0.25, 0.3) is 10.7 Å². The van der Waals surface area contributed by atoms with Gasteiger partial charge in [0.05, 0.1) is 11.1 Å². The molecule has 0 aliphatic rings. The van der Waals surface area contributed by atoms with Crippen molar-refractivity contribution in [1.29, 1.82) is 0 Å². The summed E-state index contributed by atoms with van der Waals surface area (Å²) in [6.45, 7) is 6.15. The highest BCUT2D eigenvalue weighted by Crippen LogP contribution is 2.25. The molecule has 11 heteroatoms. The predicted molar refractivity (Wildman–Crippen MR) is 110 cm³/mol. The molecule has 2 rings (SSSR count). The van der Waals surface area contributed by atoms with E-state index in [2.05, 4.69) is 15.5 Å². The highest BCUT2D eigenvalue weighted by molar-refractivity contribution is 7.88. The Morgan fingerprint density at radius 2 is 2.15 bits per heavy atom. The van der Waals surface area contributed by atoms with Crippen LogP contribution in [0.1, 0.15) is 33.2 Å². The lowest BCUT2D eigenvalue weighted by molar-refractivity contribution is -0.123. The second kappa shape index (κ2) is 9.09. The Balaban J connectivity index is 1.98. The van der Waals surface area contributed by atoms with Crippen molar-refractivity contribution in [3.05, 3.63) is 22.3 Å². The van der Waals surface area contributed by atoms with Crippen molar-refractivity contribution in [3.8, 4) is 10.7 Å². The zero-order chi connectivity index (χ0) is 20.2. The highest BCUT2D eigenvalue weighted by atomic mass is 32.2. The molecule has 0 spiro atoms. The van der Waals surface area contributed by atoms with Crippen molar-refractivity contribution in [2.24, 2.45) is 0 Å². The fourth-order valence-corrected chi connectivity index (χ4v) is 4.99. The van der Waals surface area contributed by atoms with Crippen molar-refractivity contribution < 1.29 is 13.2 Å². The summed E-state index contributed by atoms with van der Waals surface area (Å²) in [5.41, 5.74) is 0. The SMILES string of the molecule is CC(C)N(CCCNC(=O)[C@H](C)n1c(-c2cccs2)n[nH]c1=S)S(C)(=O)=O. The lowest BCUT2D eigenvalue weighted by Crippen LogP contribution is -2.39. The summed E-state index contributed by atoms with van der Waals surface area (Å²) in [6.07, 6.45) is 1.72. The van der Waals surface area contributed by atoms with Gasteiger partial charge in [0.15, 0.2) is 10.6 Å². The number of sulfonamides is 1. The Morgan fingerprint density at radius 1 is 1.44 bits per heavy atom. The van der Waals surface area contributed by atoms with E-state index in [9.17, 15) is 13.2 Å². The normalized spacial score (nSPS) is 13.3. The Bertz CT molecular complexity index is 916. The van der Waals surface area contributed by atoms with Gasteiger partial charge < -0.3 is 5.32 Å². The highest BCUT2D eigenvalue weighted by Gasteiger charge is 2.22. The first-order valence-electron chi connectivity index (χ1n) is 8.58. The van der Waals surface area contributed by atoms with Crippen molar-refractivity contribution >= 4 is 39.5 Å². The summed E-state index contributed by atoms with van der Waals surface area (Å²) in [4.78, 5) is 13.5. The van der Waals surface area contributed by atoms with E-state index in [0.29, 0.717) is 30.1 Å². The van der Waals surface area contributed by atoms with E-state index in [1.54, 1.807) is 11.5 Å². The summed E-state index contributed by atoms with van der Waals surface area (Å²) in [5.74, 6) is 0.432. The van der Waals surface area contributed by atoms with Gasteiger partial charge in [-0.15, -0.1) is 11.3 Å².